The molecule has 0 spiro atoms. The highest BCUT2D eigenvalue weighted by Gasteiger charge is 2.12. The Morgan fingerprint density at radius 2 is 2.00 bits per heavy atom. The summed E-state index contributed by atoms with van der Waals surface area (Å²) in [5.41, 5.74) is 1.23. The molecule has 1 amide bonds. The van der Waals surface area contributed by atoms with Crippen molar-refractivity contribution in [3.05, 3.63) is 65.5 Å². The van der Waals surface area contributed by atoms with Crippen molar-refractivity contribution in [2.24, 2.45) is 5.92 Å². The zero-order valence-corrected chi connectivity index (χ0v) is 13.4. The maximum Gasteiger partial charge on any atom is 0.335 e. The maximum atomic E-state index is 12.0. The number of nitrogens with one attached hydrogen (secondary N) is 1. The number of aromatic carboxylic acids is 1. The summed E-state index contributed by atoms with van der Waals surface area (Å²) in [6.45, 7) is 3.43. The van der Waals surface area contributed by atoms with Gasteiger partial charge in [0.1, 0.15) is 5.69 Å². The lowest BCUT2D eigenvalue weighted by atomic mass is 10.2. The lowest BCUT2D eigenvalue weighted by Gasteiger charge is -2.13. The number of hydrogen-bond donors (Lipinski definition) is 2. The molecular formula is C18H20N2O4. The van der Waals surface area contributed by atoms with Crippen LogP contribution in [0.4, 0.5) is 0 Å². The van der Waals surface area contributed by atoms with Crippen molar-refractivity contribution in [3.63, 3.8) is 0 Å². The molecule has 0 aliphatic rings. The Morgan fingerprint density at radius 1 is 1.25 bits per heavy atom. The molecular weight excluding hydrogens is 308 g/mol. The quantitative estimate of drug-likeness (QED) is 0.776. The number of hydrogen-bond acceptors (Lipinski definition) is 4. The third-order valence-corrected chi connectivity index (χ3v) is 3.36. The Morgan fingerprint density at radius 3 is 2.71 bits per heavy atom. The molecule has 1 aromatic carbocycles. The fraction of sp³-hybridized carbons (Fsp3) is 0.278. The lowest BCUT2D eigenvalue weighted by molar-refractivity contribution is 0.0696. The molecule has 0 radical (unpaired) electrons. The predicted octanol–water partition coefficient (Wildman–Crippen LogP) is 2.36. The van der Waals surface area contributed by atoms with E-state index >= 15 is 0 Å². The molecule has 0 aliphatic heterocycles. The molecule has 2 rings (SSSR count). The second-order valence-electron chi connectivity index (χ2n) is 5.55. The van der Waals surface area contributed by atoms with Crippen LogP contribution in [0.5, 0.6) is 0 Å². The van der Waals surface area contributed by atoms with Gasteiger partial charge >= 0.3 is 5.97 Å². The van der Waals surface area contributed by atoms with E-state index in [1.54, 1.807) is 0 Å². The van der Waals surface area contributed by atoms with Crippen LogP contribution >= 0.6 is 0 Å². The number of carbonyl (C=O) groups excluding carboxylic acids is 1. The summed E-state index contributed by atoms with van der Waals surface area (Å²) in [4.78, 5) is 26.8. The molecule has 1 aromatic heterocycles. The van der Waals surface area contributed by atoms with Crippen LogP contribution in [0.2, 0.25) is 0 Å². The van der Waals surface area contributed by atoms with Crippen molar-refractivity contribution in [2.45, 2.75) is 13.5 Å². The minimum Gasteiger partial charge on any atom is -0.478 e. The fourth-order valence-electron chi connectivity index (χ4n) is 2.06. The van der Waals surface area contributed by atoms with Crippen molar-refractivity contribution in [2.75, 3.05) is 13.2 Å². The number of aromatic nitrogens is 1. The van der Waals surface area contributed by atoms with E-state index in [9.17, 15) is 9.59 Å². The van der Waals surface area contributed by atoms with E-state index in [-0.39, 0.29) is 17.2 Å². The van der Waals surface area contributed by atoms with Crippen LogP contribution in [-0.2, 0) is 11.3 Å². The van der Waals surface area contributed by atoms with Crippen LogP contribution in [-0.4, -0.2) is 35.1 Å². The largest absolute Gasteiger partial charge is 0.478 e. The highest BCUT2D eigenvalue weighted by atomic mass is 16.5. The second-order valence-corrected chi connectivity index (χ2v) is 5.55. The van der Waals surface area contributed by atoms with E-state index in [2.05, 4.69) is 10.3 Å². The van der Waals surface area contributed by atoms with Crippen molar-refractivity contribution >= 4 is 11.9 Å². The SMILES string of the molecule is CC(CNC(=O)c1cc(C(=O)O)ccn1)COCc1ccccc1. The molecule has 0 bridgehead atoms. The van der Waals surface area contributed by atoms with E-state index in [1.807, 2.05) is 37.3 Å². The van der Waals surface area contributed by atoms with Gasteiger partial charge in [-0.2, -0.15) is 0 Å². The average molecular weight is 328 g/mol. The fourth-order valence-corrected chi connectivity index (χ4v) is 2.06. The summed E-state index contributed by atoms with van der Waals surface area (Å²) in [6.07, 6.45) is 1.31. The standard InChI is InChI=1S/C18H20N2O4/c1-13(11-24-12-14-5-3-2-4-6-14)10-20-17(21)16-9-15(18(22)23)7-8-19-16/h2-9,13H,10-12H2,1H3,(H,20,21)(H,22,23). The van der Waals surface area contributed by atoms with Gasteiger partial charge < -0.3 is 15.2 Å². The molecule has 2 aromatic rings. The summed E-state index contributed by atoms with van der Waals surface area (Å²) >= 11 is 0. The third kappa shape index (κ3) is 5.48. The van der Waals surface area contributed by atoms with Crippen LogP contribution in [0.25, 0.3) is 0 Å². The van der Waals surface area contributed by atoms with Crippen LogP contribution in [0.15, 0.2) is 48.7 Å². The van der Waals surface area contributed by atoms with Gasteiger partial charge in [0.2, 0.25) is 0 Å². The number of carboxylic acid groups (broad SMARTS) is 1. The zero-order chi connectivity index (χ0) is 17.4. The average Bonchev–Trinajstić information content (AvgIpc) is 2.60. The topological polar surface area (TPSA) is 88.5 Å². The zero-order valence-electron chi connectivity index (χ0n) is 13.4. The van der Waals surface area contributed by atoms with Crippen LogP contribution in [0, 0.1) is 5.92 Å². The summed E-state index contributed by atoms with van der Waals surface area (Å²) < 4.78 is 5.63. The lowest BCUT2D eigenvalue weighted by Crippen LogP contribution is -2.30. The van der Waals surface area contributed by atoms with Crippen molar-refractivity contribution in [1.82, 2.24) is 10.3 Å². The van der Waals surface area contributed by atoms with Gasteiger partial charge in [-0.15, -0.1) is 0 Å². The van der Waals surface area contributed by atoms with E-state index < -0.39 is 11.9 Å². The number of nitrogens with zero attached hydrogens (tertiary/aromatic N) is 1. The Kier molecular flexibility index (Phi) is 6.45. The molecule has 0 saturated carbocycles. The summed E-state index contributed by atoms with van der Waals surface area (Å²) in [7, 11) is 0. The van der Waals surface area contributed by atoms with Crippen LogP contribution in [0.1, 0.15) is 33.3 Å². The van der Waals surface area contributed by atoms with Gasteiger partial charge in [0.05, 0.1) is 18.8 Å². The monoisotopic (exact) mass is 328 g/mol. The van der Waals surface area contributed by atoms with Gasteiger partial charge in [0.15, 0.2) is 0 Å². The predicted molar refractivity (Wildman–Crippen MR) is 88.8 cm³/mol. The Bertz CT molecular complexity index is 688. The molecule has 1 heterocycles. The van der Waals surface area contributed by atoms with Crippen molar-refractivity contribution in [3.8, 4) is 0 Å². The molecule has 0 saturated heterocycles. The van der Waals surface area contributed by atoms with Gasteiger partial charge in [-0.1, -0.05) is 37.3 Å². The van der Waals surface area contributed by atoms with Crippen LogP contribution in [0.3, 0.4) is 0 Å². The molecule has 24 heavy (non-hydrogen) atoms. The smallest absolute Gasteiger partial charge is 0.335 e. The highest BCUT2D eigenvalue weighted by Crippen LogP contribution is 2.04. The molecule has 2 N–H and O–H groups in total. The summed E-state index contributed by atoms with van der Waals surface area (Å²) in [5.74, 6) is -1.36. The Hall–Kier alpha value is -2.73. The van der Waals surface area contributed by atoms with Gasteiger partial charge in [0.25, 0.3) is 5.91 Å². The molecule has 1 atom stereocenters. The summed E-state index contributed by atoms with van der Waals surface area (Å²) in [6, 6.07) is 12.5. The van der Waals surface area contributed by atoms with Crippen molar-refractivity contribution < 1.29 is 19.4 Å². The number of amides is 1. The van der Waals surface area contributed by atoms with Gasteiger partial charge in [-0.25, -0.2) is 4.79 Å². The number of carboxylic acids is 1. The molecule has 0 fully saturated rings. The van der Waals surface area contributed by atoms with Gasteiger partial charge in [-0.3, -0.25) is 9.78 Å². The maximum absolute atomic E-state index is 12.0. The van der Waals surface area contributed by atoms with Crippen molar-refractivity contribution in [1.29, 1.82) is 0 Å². The number of benzene rings is 1. The first kappa shape index (κ1) is 17.6. The minimum atomic E-state index is -1.09. The Balaban J connectivity index is 1.75. The number of rotatable bonds is 8. The first-order chi connectivity index (χ1) is 11.6. The van der Waals surface area contributed by atoms with Gasteiger partial charge in [0, 0.05) is 12.7 Å². The molecule has 1 unspecified atom stereocenters. The van der Waals surface area contributed by atoms with E-state index in [0.717, 1.165) is 5.56 Å². The second kappa shape index (κ2) is 8.79. The van der Waals surface area contributed by atoms with Crippen LogP contribution < -0.4 is 5.32 Å². The van der Waals surface area contributed by atoms with Gasteiger partial charge in [-0.05, 0) is 23.6 Å². The molecule has 126 valence electrons. The third-order valence-electron chi connectivity index (χ3n) is 3.36. The number of pyridine rings is 1. The van der Waals surface area contributed by atoms with E-state index in [0.29, 0.717) is 19.8 Å². The molecule has 0 aliphatic carbocycles. The first-order valence-electron chi connectivity index (χ1n) is 7.65. The normalized spacial score (nSPS) is 11.7. The van der Waals surface area contributed by atoms with E-state index in [1.165, 1.54) is 18.3 Å². The number of carbonyl (C=O) groups is 2. The first-order valence-corrected chi connectivity index (χ1v) is 7.65. The van der Waals surface area contributed by atoms with E-state index in [4.69, 9.17) is 9.84 Å². The molecule has 6 heteroatoms. The Labute approximate surface area is 140 Å². The number of ether oxygens (including phenoxy) is 1. The highest BCUT2D eigenvalue weighted by molar-refractivity contribution is 5.95. The molecule has 6 nitrogen and oxygen atoms in total. The summed E-state index contributed by atoms with van der Waals surface area (Å²) in [5, 5.41) is 11.7. The minimum absolute atomic E-state index is 0.0365.